The van der Waals surface area contributed by atoms with Crippen molar-refractivity contribution in [2.75, 3.05) is 19.6 Å². The summed E-state index contributed by atoms with van der Waals surface area (Å²) in [5.41, 5.74) is 6.40. The summed E-state index contributed by atoms with van der Waals surface area (Å²) >= 11 is 0. The Morgan fingerprint density at radius 2 is 1.85 bits per heavy atom. The van der Waals surface area contributed by atoms with Crippen LogP contribution in [0.3, 0.4) is 0 Å². The second kappa shape index (κ2) is 7.05. The molecule has 1 aliphatic heterocycles. The number of quaternary nitrogens is 1. The highest BCUT2D eigenvalue weighted by Gasteiger charge is 2.26. The molecule has 108 valence electrons. The summed E-state index contributed by atoms with van der Waals surface area (Å²) in [6.07, 6.45) is 1.58. The number of likely N-dealkylation sites (tertiary alicyclic amines) is 1. The van der Waals surface area contributed by atoms with Gasteiger partial charge in [0.1, 0.15) is 0 Å². The number of carbonyl (C=O) groups is 2. The monoisotopic (exact) mass is 276 g/mol. The zero-order valence-electron chi connectivity index (χ0n) is 11.6. The highest BCUT2D eigenvalue weighted by atomic mass is 16.2. The van der Waals surface area contributed by atoms with Gasteiger partial charge in [-0.25, -0.2) is 0 Å². The van der Waals surface area contributed by atoms with Gasteiger partial charge in [0.15, 0.2) is 6.54 Å². The lowest BCUT2D eigenvalue weighted by Crippen LogP contribution is -3.14. The van der Waals surface area contributed by atoms with E-state index in [1.807, 2.05) is 30.3 Å². The van der Waals surface area contributed by atoms with Crippen LogP contribution in [0.15, 0.2) is 30.3 Å². The Labute approximate surface area is 119 Å². The molecule has 0 atom stereocenters. The molecule has 1 saturated heterocycles. The largest absolute Gasteiger partial charge is 0.369 e. The van der Waals surface area contributed by atoms with Crippen LogP contribution >= 0.6 is 0 Å². The Morgan fingerprint density at radius 3 is 2.45 bits per heavy atom. The molecule has 1 aromatic carbocycles. The second-order valence-electron chi connectivity index (χ2n) is 5.37. The number of benzene rings is 1. The summed E-state index contributed by atoms with van der Waals surface area (Å²) in [4.78, 5) is 24.2. The number of carbonyl (C=O) groups excluding carboxylic acids is 2. The minimum absolute atomic E-state index is 0.00821. The van der Waals surface area contributed by atoms with Crippen LogP contribution in [0.2, 0.25) is 0 Å². The molecule has 5 nitrogen and oxygen atoms in total. The number of nitrogens with one attached hydrogen (secondary N) is 2. The summed E-state index contributed by atoms with van der Waals surface area (Å²) in [5, 5.41) is 2.93. The standard InChI is InChI=1S/C15H21N3O2/c16-15(20)13-6-8-18(9-7-13)11-14(19)17-10-12-4-2-1-3-5-12/h1-5,13H,6-11H2,(H2,16,20)(H,17,19)/p+1. The molecule has 5 heteroatoms. The van der Waals surface area contributed by atoms with E-state index in [0.717, 1.165) is 31.5 Å². The fourth-order valence-corrected chi connectivity index (χ4v) is 2.57. The molecule has 0 aliphatic carbocycles. The van der Waals surface area contributed by atoms with E-state index in [-0.39, 0.29) is 17.7 Å². The van der Waals surface area contributed by atoms with Crippen molar-refractivity contribution in [1.29, 1.82) is 0 Å². The van der Waals surface area contributed by atoms with Crippen LogP contribution in [0.1, 0.15) is 18.4 Å². The molecule has 0 bridgehead atoms. The molecule has 4 N–H and O–H groups in total. The van der Waals surface area contributed by atoms with Crippen molar-refractivity contribution in [2.24, 2.45) is 11.7 Å². The third kappa shape index (κ3) is 4.35. The van der Waals surface area contributed by atoms with Gasteiger partial charge in [0.25, 0.3) is 5.91 Å². The number of hydrogen-bond acceptors (Lipinski definition) is 2. The number of piperidine rings is 1. The predicted octanol–water partition coefficient (Wildman–Crippen LogP) is -0.917. The van der Waals surface area contributed by atoms with Crippen molar-refractivity contribution >= 4 is 11.8 Å². The van der Waals surface area contributed by atoms with Gasteiger partial charge in [-0.05, 0) is 5.56 Å². The third-order valence-electron chi connectivity index (χ3n) is 3.84. The second-order valence-corrected chi connectivity index (χ2v) is 5.37. The Hall–Kier alpha value is -1.88. The van der Waals surface area contributed by atoms with Gasteiger partial charge in [-0.15, -0.1) is 0 Å². The maximum absolute atomic E-state index is 11.9. The number of nitrogens with two attached hydrogens (primary N) is 1. The molecule has 20 heavy (non-hydrogen) atoms. The molecule has 0 unspecified atom stereocenters. The normalized spacial score (nSPS) is 22.2. The first-order valence-electron chi connectivity index (χ1n) is 7.08. The first-order chi connectivity index (χ1) is 9.65. The number of rotatable bonds is 5. The van der Waals surface area contributed by atoms with Gasteiger partial charge in [0.2, 0.25) is 5.91 Å². The minimum Gasteiger partial charge on any atom is -0.369 e. The molecule has 0 radical (unpaired) electrons. The zero-order chi connectivity index (χ0) is 14.4. The third-order valence-corrected chi connectivity index (χ3v) is 3.84. The van der Waals surface area contributed by atoms with Crippen LogP contribution in [0, 0.1) is 5.92 Å². The summed E-state index contributed by atoms with van der Waals surface area (Å²) in [6, 6.07) is 9.86. The van der Waals surface area contributed by atoms with Crippen molar-refractivity contribution in [2.45, 2.75) is 19.4 Å². The van der Waals surface area contributed by atoms with Crippen LogP contribution in [-0.4, -0.2) is 31.4 Å². The molecular formula is C15H22N3O2+. The molecule has 0 spiro atoms. The van der Waals surface area contributed by atoms with Crippen LogP contribution in [0.5, 0.6) is 0 Å². The van der Waals surface area contributed by atoms with E-state index in [1.54, 1.807) is 0 Å². The quantitative estimate of drug-likeness (QED) is 0.651. The number of amides is 2. The van der Waals surface area contributed by atoms with Gasteiger partial charge in [-0.1, -0.05) is 30.3 Å². The predicted molar refractivity (Wildman–Crippen MR) is 75.8 cm³/mol. The summed E-state index contributed by atoms with van der Waals surface area (Å²) in [5.74, 6) is -0.162. The molecule has 1 fully saturated rings. The van der Waals surface area contributed by atoms with Gasteiger partial charge in [-0.3, -0.25) is 9.59 Å². The maximum atomic E-state index is 11.9. The molecule has 0 saturated carbocycles. The van der Waals surface area contributed by atoms with Crippen molar-refractivity contribution in [3.8, 4) is 0 Å². The van der Waals surface area contributed by atoms with E-state index in [0.29, 0.717) is 13.1 Å². The molecule has 0 aromatic heterocycles. The Bertz CT molecular complexity index is 453. The van der Waals surface area contributed by atoms with E-state index in [1.165, 1.54) is 4.90 Å². The number of primary amides is 1. The van der Waals surface area contributed by atoms with Gasteiger partial charge < -0.3 is 16.0 Å². The highest BCUT2D eigenvalue weighted by Crippen LogP contribution is 2.07. The fraction of sp³-hybridized carbons (Fsp3) is 0.467. The lowest BCUT2D eigenvalue weighted by atomic mass is 9.96. The summed E-state index contributed by atoms with van der Waals surface area (Å²) in [7, 11) is 0. The maximum Gasteiger partial charge on any atom is 0.275 e. The van der Waals surface area contributed by atoms with Crippen LogP contribution in [-0.2, 0) is 16.1 Å². The van der Waals surface area contributed by atoms with E-state index in [2.05, 4.69) is 5.32 Å². The minimum atomic E-state index is -0.211. The Morgan fingerprint density at radius 1 is 1.20 bits per heavy atom. The first-order valence-corrected chi connectivity index (χ1v) is 7.08. The molecule has 1 heterocycles. The molecule has 2 amide bonds. The van der Waals surface area contributed by atoms with Gasteiger partial charge in [0.05, 0.1) is 13.1 Å². The smallest absolute Gasteiger partial charge is 0.275 e. The van der Waals surface area contributed by atoms with E-state index >= 15 is 0 Å². The highest BCUT2D eigenvalue weighted by molar-refractivity contribution is 5.77. The van der Waals surface area contributed by atoms with Crippen molar-refractivity contribution < 1.29 is 14.5 Å². The average molecular weight is 276 g/mol. The van der Waals surface area contributed by atoms with Crippen LogP contribution < -0.4 is 16.0 Å². The Balaban J connectivity index is 1.69. The fourth-order valence-electron chi connectivity index (χ4n) is 2.57. The van der Waals surface area contributed by atoms with Crippen molar-refractivity contribution in [3.63, 3.8) is 0 Å². The van der Waals surface area contributed by atoms with Crippen LogP contribution in [0.4, 0.5) is 0 Å². The average Bonchev–Trinajstić information content (AvgIpc) is 2.47. The number of hydrogen-bond donors (Lipinski definition) is 3. The SMILES string of the molecule is NC(=O)C1CC[NH+](CC(=O)NCc2ccccc2)CC1. The zero-order valence-corrected chi connectivity index (χ0v) is 11.6. The lowest BCUT2D eigenvalue weighted by molar-refractivity contribution is -0.897. The molecule has 2 rings (SSSR count). The van der Waals surface area contributed by atoms with Crippen molar-refractivity contribution in [1.82, 2.24) is 5.32 Å². The lowest BCUT2D eigenvalue weighted by Gasteiger charge is -2.27. The van der Waals surface area contributed by atoms with Crippen LogP contribution in [0.25, 0.3) is 0 Å². The summed E-state index contributed by atoms with van der Waals surface area (Å²) in [6.45, 7) is 2.72. The molecule has 1 aromatic rings. The van der Waals surface area contributed by atoms with Gasteiger partial charge in [-0.2, -0.15) is 0 Å². The van der Waals surface area contributed by atoms with E-state index in [9.17, 15) is 9.59 Å². The summed E-state index contributed by atoms with van der Waals surface area (Å²) < 4.78 is 0. The molecule has 1 aliphatic rings. The van der Waals surface area contributed by atoms with Crippen molar-refractivity contribution in [3.05, 3.63) is 35.9 Å². The Kier molecular flexibility index (Phi) is 5.12. The van der Waals surface area contributed by atoms with E-state index in [4.69, 9.17) is 5.73 Å². The van der Waals surface area contributed by atoms with E-state index < -0.39 is 0 Å². The topological polar surface area (TPSA) is 76.6 Å². The first kappa shape index (κ1) is 14.5. The van der Waals surface area contributed by atoms with Gasteiger partial charge in [0, 0.05) is 25.3 Å². The van der Waals surface area contributed by atoms with Gasteiger partial charge >= 0.3 is 0 Å². The molecular weight excluding hydrogens is 254 g/mol.